The molecule has 3 heterocycles. The van der Waals surface area contributed by atoms with E-state index in [0.717, 1.165) is 11.2 Å². The number of fused-ring (bicyclic) bond motifs is 1. The van der Waals surface area contributed by atoms with E-state index >= 15 is 0 Å². The molecule has 0 radical (unpaired) electrons. The molecule has 26 heavy (non-hydrogen) atoms. The lowest BCUT2D eigenvalue weighted by Gasteiger charge is -2.17. The van der Waals surface area contributed by atoms with Crippen molar-refractivity contribution < 1.29 is 9.53 Å². The lowest BCUT2D eigenvalue weighted by molar-refractivity contribution is -0.146. The van der Waals surface area contributed by atoms with Gasteiger partial charge in [-0.25, -0.2) is 4.98 Å². The molecule has 0 aliphatic carbocycles. The number of imidazole rings is 1. The number of ether oxygens (including phenoxy) is 1. The van der Waals surface area contributed by atoms with E-state index in [1.807, 2.05) is 83.5 Å². The number of esters is 1. The molecule has 0 spiro atoms. The normalized spacial score (nSPS) is 12.0. The van der Waals surface area contributed by atoms with Gasteiger partial charge in [-0.15, -0.1) is 0 Å². The van der Waals surface area contributed by atoms with Gasteiger partial charge in [0.2, 0.25) is 0 Å². The number of carbonyl (C=O) groups excluding carboxylic acids is 1. The second-order valence-electron chi connectivity index (χ2n) is 5.91. The summed E-state index contributed by atoms with van der Waals surface area (Å²) in [5.74, 6) is -0.340. The molecule has 5 heteroatoms. The van der Waals surface area contributed by atoms with E-state index in [2.05, 4.69) is 9.97 Å². The monoisotopic (exact) mass is 343 g/mol. The first-order valence-corrected chi connectivity index (χ1v) is 8.37. The van der Waals surface area contributed by atoms with E-state index in [0.29, 0.717) is 11.4 Å². The Labute approximate surface area is 150 Å². The molecule has 0 aliphatic heterocycles. The second kappa shape index (κ2) is 7.19. The van der Waals surface area contributed by atoms with Crippen LogP contribution in [0.5, 0.6) is 0 Å². The average Bonchev–Trinajstić information content (AvgIpc) is 3.09. The fourth-order valence-electron chi connectivity index (χ4n) is 2.85. The van der Waals surface area contributed by atoms with E-state index in [1.165, 1.54) is 0 Å². The van der Waals surface area contributed by atoms with Crippen molar-refractivity contribution in [2.24, 2.45) is 0 Å². The van der Waals surface area contributed by atoms with E-state index in [-0.39, 0.29) is 12.4 Å². The maximum atomic E-state index is 12.5. The molecule has 4 aromatic rings. The summed E-state index contributed by atoms with van der Waals surface area (Å²) >= 11 is 0. The largest absolute Gasteiger partial charge is 0.451 e. The average molecular weight is 343 g/mol. The predicted octanol–water partition coefficient (Wildman–Crippen LogP) is 3.60. The highest BCUT2D eigenvalue weighted by molar-refractivity contribution is 5.73. The molecule has 0 saturated carbocycles. The van der Waals surface area contributed by atoms with E-state index < -0.39 is 6.10 Å². The summed E-state index contributed by atoms with van der Waals surface area (Å²) in [7, 11) is 0. The highest BCUT2D eigenvalue weighted by atomic mass is 16.5. The summed E-state index contributed by atoms with van der Waals surface area (Å²) in [4.78, 5) is 21.4. The maximum absolute atomic E-state index is 12.5. The molecular weight excluding hydrogens is 326 g/mol. The minimum absolute atomic E-state index is 0.109. The van der Waals surface area contributed by atoms with Crippen molar-refractivity contribution in [2.75, 3.05) is 0 Å². The Morgan fingerprint density at radius 1 is 1.00 bits per heavy atom. The van der Waals surface area contributed by atoms with Crippen LogP contribution in [0.1, 0.15) is 23.1 Å². The third-order valence-corrected chi connectivity index (χ3v) is 4.05. The molecule has 0 saturated heterocycles. The van der Waals surface area contributed by atoms with Gasteiger partial charge in [0.25, 0.3) is 0 Å². The van der Waals surface area contributed by atoms with Crippen molar-refractivity contribution in [3.63, 3.8) is 0 Å². The van der Waals surface area contributed by atoms with Crippen LogP contribution in [0.25, 0.3) is 5.65 Å². The van der Waals surface area contributed by atoms with Gasteiger partial charge in [0.15, 0.2) is 6.10 Å². The van der Waals surface area contributed by atoms with Gasteiger partial charge >= 0.3 is 5.97 Å². The van der Waals surface area contributed by atoms with Gasteiger partial charge in [-0.1, -0.05) is 42.5 Å². The van der Waals surface area contributed by atoms with E-state index in [1.54, 1.807) is 6.20 Å². The van der Waals surface area contributed by atoms with Gasteiger partial charge in [0, 0.05) is 18.6 Å². The molecule has 128 valence electrons. The highest BCUT2D eigenvalue weighted by Gasteiger charge is 2.20. The number of hydrogen-bond donors (Lipinski definition) is 0. The maximum Gasteiger partial charge on any atom is 0.312 e. The summed E-state index contributed by atoms with van der Waals surface area (Å²) < 4.78 is 7.66. The SMILES string of the molecule is O=C(Cc1cn2ccccc2n1)O[C@H](c1ccccc1)c1ccccn1. The lowest BCUT2D eigenvalue weighted by Crippen LogP contribution is -2.15. The molecule has 1 aromatic carbocycles. The van der Waals surface area contributed by atoms with Gasteiger partial charge in [-0.3, -0.25) is 9.78 Å². The van der Waals surface area contributed by atoms with Crippen molar-refractivity contribution in [1.82, 2.24) is 14.4 Å². The van der Waals surface area contributed by atoms with Crippen LogP contribution in [-0.2, 0) is 16.0 Å². The number of benzene rings is 1. The van der Waals surface area contributed by atoms with Gasteiger partial charge in [-0.2, -0.15) is 0 Å². The fourth-order valence-corrected chi connectivity index (χ4v) is 2.85. The van der Waals surface area contributed by atoms with Gasteiger partial charge in [-0.05, 0) is 29.8 Å². The standard InChI is InChI=1S/C21H17N3O2/c25-20(14-17-15-24-13-7-5-11-19(24)23-17)26-21(16-8-2-1-3-9-16)18-10-4-6-12-22-18/h1-13,15,21H,14H2/t21-/m1/s1. The molecule has 5 nitrogen and oxygen atoms in total. The molecule has 0 fully saturated rings. The molecule has 4 rings (SSSR count). The highest BCUT2D eigenvalue weighted by Crippen LogP contribution is 2.24. The lowest BCUT2D eigenvalue weighted by atomic mass is 10.1. The summed E-state index contributed by atoms with van der Waals surface area (Å²) in [6.07, 6.45) is 5.01. The van der Waals surface area contributed by atoms with Crippen LogP contribution in [0, 0.1) is 0 Å². The summed E-state index contributed by atoms with van der Waals surface area (Å²) in [5, 5.41) is 0. The number of carbonyl (C=O) groups is 1. The quantitative estimate of drug-likeness (QED) is 0.520. The molecule has 0 N–H and O–H groups in total. The molecule has 3 aromatic heterocycles. The third-order valence-electron chi connectivity index (χ3n) is 4.05. The first kappa shape index (κ1) is 16.0. The number of hydrogen-bond acceptors (Lipinski definition) is 4. The number of rotatable bonds is 5. The molecular formula is C21H17N3O2. The Morgan fingerprint density at radius 3 is 2.58 bits per heavy atom. The zero-order chi connectivity index (χ0) is 17.8. The molecule has 0 aliphatic rings. The second-order valence-corrected chi connectivity index (χ2v) is 5.91. The summed E-state index contributed by atoms with van der Waals surface area (Å²) in [6, 6.07) is 20.9. The zero-order valence-corrected chi connectivity index (χ0v) is 14.0. The Bertz CT molecular complexity index is 941. The Morgan fingerprint density at radius 2 is 1.81 bits per heavy atom. The van der Waals surface area contributed by atoms with Crippen LogP contribution < -0.4 is 0 Å². The van der Waals surface area contributed by atoms with Crippen molar-refractivity contribution >= 4 is 11.6 Å². The molecule has 0 unspecified atom stereocenters. The number of nitrogens with zero attached hydrogens (tertiary/aromatic N) is 3. The van der Waals surface area contributed by atoms with Crippen LogP contribution in [0.15, 0.2) is 85.3 Å². The Kier molecular flexibility index (Phi) is 4.43. The van der Waals surface area contributed by atoms with E-state index in [4.69, 9.17) is 4.74 Å². The number of pyridine rings is 2. The summed E-state index contributed by atoms with van der Waals surface area (Å²) in [5.41, 5.74) is 3.06. The minimum Gasteiger partial charge on any atom is -0.451 e. The van der Waals surface area contributed by atoms with Crippen LogP contribution in [0.3, 0.4) is 0 Å². The Hall–Kier alpha value is -3.47. The van der Waals surface area contributed by atoms with Crippen molar-refractivity contribution in [3.05, 3.63) is 102 Å². The molecule has 0 amide bonds. The first-order valence-electron chi connectivity index (χ1n) is 8.37. The minimum atomic E-state index is -0.540. The van der Waals surface area contributed by atoms with Crippen molar-refractivity contribution in [2.45, 2.75) is 12.5 Å². The number of aromatic nitrogens is 3. The van der Waals surface area contributed by atoms with Crippen LogP contribution in [-0.4, -0.2) is 20.3 Å². The van der Waals surface area contributed by atoms with Gasteiger partial charge in [0.05, 0.1) is 17.8 Å². The first-order chi connectivity index (χ1) is 12.8. The molecule has 0 bridgehead atoms. The molecule has 1 atom stereocenters. The third kappa shape index (κ3) is 3.47. The predicted molar refractivity (Wildman–Crippen MR) is 97.5 cm³/mol. The van der Waals surface area contributed by atoms with Gasteiger partial charge in [0.1, 0.15) is 5.65 Å². The van der Waals surface area contributed by atoms with E-state index in [9.17, 15) is 4.79 Å². The Balaban J connectivity index is 1.56. The van der Waals surface area contributed by atoms with Crippen molar-refractivity contribution in [3.8, 4) is 0 Å². The topological polar surface area (TPSA) is 56.5 Å². The summed E-state index contributed by atoms with van der Waals surface area (Å²) in [6.45, 7) is 0. The zero-order valence-electron chi connectivity index (χ0n) is 14.0. The van der Waals surface area contributed by atoms with Crippen LogP contribution in [0.4, 0.5) is 0 Å². The van der Waals surface area contributed by atoms with Gasteiger partial charge < -0.3 is 9.14 Å². The van der Waals surface area contributed by atoms with Crippen LogP contribution in [0.2, 0.25) is 0 Å². The fraction of sp³-hybridized carbons (Fsp3) is 0.0952. The smallest absolute Gasteiger partial charge is 0.312 e. The van der Waals surface area contributed by atoms with Crippen LogP contribution >= 0.6 is 0 Å². The van der Waals surface area contributed by atoms with Crippen molar-refractivity contribution in [1.29, 1.82) is 0 Å².